The Morgan fingerprint density at radius 3 is 2.69 bits per heavy atom. The summed E-state index contributed by atoms with van der Waals surface area (Å²) >= 11 is 1.66. The second-order valence-corrected chi connectivity index (χ2v) is 7.33. The van der Waals surface area contributed by atoms with Gasteiger partial charge >= 0.3 is 0 Å². The van der Waals surface area contributed by atoms with E-state index in [0.29, 0.717) is 6.54 Å². The maximum absolute atomic E-state index is 4.71. The highest BCUT2D eigenvalue weighted by Gasteiger charge is 2.06. The van der Waals surface area contributed by atoms with Gasteiger partial charge in [-0.05, 0) is 18.1 Å². The second-order valence-electron chi connectivity index (χ2n) is 6.47. The van der Waals surface area contributed by atoms with Crippen LogP contribution in [0.4, 0.5) is 0 Å². The maximum Gasteiger partial charge on any atom is 0.191 e. The maximum atomic E-state index is 4.71. The molecule has 7 heteroatoms. The number of aromatic nitrogens is 2. The minimum atomic E-state index is 0. The van der Waals surface area contributed by atoms with E-state index in [-0.39, 0.29) is 24.0 Å². The summed E-state index contributed by atoms with van der Waals surface area (Å²) in [5.74, 6) is 0.786. The molecule has 2 aromatic carbocycles. The van der Waals surface area contributed by atoms with Crippen molar-refractivity contribution >= 4 is 52.2 Å². The van der Waals surface area contributed by atoms with Gasteiger partial charge in [0.2, 0.25) is 0 Å². The largest absolute Gasteiger partial charge is 0.361 e. The van der Waals surface area contributed by atoms with Crippen molar-refractivity contribution < 1.29 is 0 Å². The van der Waals surface area contributed by atoms with Crippen LogP contribution in [0.5, 0.6) is 0 Å². The molecule has 5 nitrogen and oxygen atoms in total. The van der Waals surface area contributed by atoms with E-state index < -0.39 is 0 Å². The lowest BCUT2D eigenvalue weighted by Gasteiger charge is -2.10. The number of hydrogen-bond donors (Lipinski definition) is 3. The molecular formula is C22H24IN5S. The third kappa shape index (κ3) is 5.36. The lowest BCUT2D eigenvalue weighted by molar-refractivity contribution is 0.788. The van der Waals surface area contributed by atoms with Crippen LogP contribution >= 0.6 is 35.3 Å². The van der Waals surface area contributed by atoms with Crippen LogP contribution < -0.4 is 10.6 Å². The Labute approximate surface area is 191 Å². The monoisotopic (exact) mass is 517 g/mol. The Balaban J connectivity index is 0.00000240. The minimum Gasteiger partial charge on any atom is -0.361 e. The number of nitrogens with zero attached hydrogens (tertiary/aromatic N) is 2. The zero-order chi connectivity index (χ0) is 19.2. The average Bonchev–Trinajstić information content (AvgIpc) is 3.39. The minimum absolute atomic E-state index is 0. The number of fused-ring (bicyclic) bond motifs is 1. The van der Waals surface area contributed by atoms with Gasteiger partial charge in [0.15, 0.2) is 5.96 Å². The fraction of sp³-hybridized carbons (Fsp3) is 0.182. The smallest absolute Gasteiger partial charge is 0.191 e. The SMILES string of the molecule is CN=C(NCCc1c[nH]c2ccccc12)NCc1csc(-c2ccccc2)n1.I. The number of nitrogens with one attached hydrogen (secondary N) is 3. The van der Waals surface area contributed by atoms with Gasteiger partial charge in [0, 0.05) is 41.6 Å². The van der Waals surface area contributed by atoms with Crippen molar-refractivity contribution in [1.82, 2.24) is 20.6 Å². The summed E-state index contributed by atoms with van der Waals surface area (Å²) in [6.07, 6.45) is 3.02. The number of H-pyrrole nitrogens is 1. The Bertz CT molecular complexity index is 1070. The van der Waals surface area contributed by atoms with Gasteiger partial charge in [-0.15, -0.1) is 35.3 Å². The summed E-state index contributed by atoms with van der Waals surface area (Å²) in [5.41, 5.74) is 4.66. The van der Waals surface area contributed by atoms with Gasteiger partial charge in [0.1, 0.15) is 5.01 Å². The first-order chi connectivity index (χ1) is 13.8. The van der Waals surface area contributed by atoms with E-state index in [4.69, 9.17) is 4.98 Å². The highest BCUT2D eigenvalue weighted by molar-refractivity contribution is 14.0. The molecule has 2 aromatic heterocycles. The second kappa shape index (κ2) is 10.4. The van der Waals surface area contributed by atoms with Gasteiger partial charge in [0.05, 0.1) is 12.2 Å². The third-order valence-corrected chi connectivity index (χ3v) is 5.53. The van der Waals surface area contributed by atoms with E-state index in [1.807, 2.05) is 24.3 Å². The Kier molecular flexibility index (Phi) is 7.65. The van der Waals surface area contributed by atoms with E-state index in [1.165, 1.54) is 16.5 Å². The van der Waals surface area contributed by atoms with Crippen molar-refractivity contribution in [3.8, 4) is 10.6 Å². The Morgan fingerprint density at radius 2 is 1.86 bits per heavy atom. The predicted octanol–water partition coefficient (Wildman–Crippen LogP) is 4.82. The van der Waals surface area contributed by atoms with Crippen molar-refractivity contribution in [2.75, 3.05) is 13.6 Å². The van der Waals surface area contributed by atoms with E-state index in [9.17, 15) is 0 Å². The molecule has 0 unspecified atom stereocenters. The van der Waals surface area contributed by atoms with Gasteiger partial charge in [-0.2, -0.15) is 0 Å². The first kappa shape index (κ1) is 21.3. The molecule has 0 bridgehead atoms. The van der Waals surface area contributed by atoms with E-state index >= 15 is 0 Å². The number of para-hydroxylation sites is 1. The van der Waals surface area contributed by atoms with E-state index in [0.717, 1.165) is 35.2 Å². The molecule has 0 aliphatic heterocycles. The van der Waals surface area contributed by atoms with Crippen LogP contribution in [0.3, 0.4) is 0 Å². The number of thiazole rings is 1. The Morgan fingerprint density at radius 1 is 1.07 bits per heavy atom. The number of halogens is 1. The molecule has 0 spiro atoms. The summed E-state index contributed by atoms with van der Waals surface area (Å²) in [5, 5.41) is 11.1. The van der Waals surface area contributed by atoms with Crippen LogP contribution in [0.25, 0.3) is 21.5 Å². The third-order valence-electron chi connectivity index (χ3n) is 4.59. The van der Waals surface area contributed by atoms with Crippen molar-refractivity contribution in [3.63, 3.8) is 0 Å². The average molecular weight is 517 g/mol. The molecule has 4 rings (SSSR count). The first-order valence-electron chi connectivity index (χ1n) is 9.33. The molecule has 0 aliphatic rings. The summed E-state index contributed by atoms with van der Waals surface area (Å²) in [7, 11) is 1.79. The molecule has 3 N–H and O–H groups in total. The number of benzene rings is 2. The summed E-state index contributed by atoms with van der Waals surface area (Å²) in [6.45, 7) is 1.46. The molecule has 0 atom stereocenters. The molecule has 0 aliphatic carbocycles. The molecule has 0 saturated carbocycles. The molecular weight excluding hydrogens is 493 g/mol. The van der Waals surface area contributed by atoms with E-state index in [2.05, 4.69) is 62.5 Å². The predicted molar refractivity (Wildman–Crippen MR) is 133 cm³/mol. The van der Waals surface area contributed by atoms with Gasteiger partial charge in [-0.1, -0.05) is 48.5 Å². The fourth-order valence-corrected chi connectivity index (χ4v) is 3.98. The van der Waals surface area contributed by atoms with Crippen LogP contribution in [-0.4, -0.2) is 29.5 Å². The number of aromatic amines is 1. The number of guanidine groups is 1. The molecule has 0 amide bonds. The zero-order valence-corrected chi connectivity index (χ0v) is 19.3. The van der Waals surface area contributed by atoms with Gasteiger partial charge in [-0.25, -0.2) is 4.98 Å². The Hall–Kier alpha value is -2.39. The van der Waals surface area contributed by atoms with Crippen LogP contribution in [0.2, 0.25) is 0 Å². The summed E-state index contributed by atoms with van der Waals surface area (Å²) in [4.78, 5) is 12.3. The number of hydrogen-bond acceptors (Lipinski definition) is 3. The van der Waals surface area contributed by atoms with Crippen LogP contribution in [0, 0.1) is 0 Å². The highest BCUT2D eigenvalue weighted by Crippen LogP contribution is 2.23. The van der Waals surface area contributed by atoms with Crippen molar-refractivity contribution in [1.29, 1.82) is 0 Å². The van der Waals surface area contributed by atoms with Gasteiger partial charge in [0.25, 0.3) is 0 Å². The van der Waals surface area contributed by atoms with Gasteiger partial charge < -0.3 is 15.6 Å². The number of aliphatic imine (C=N–C) groups is 1. The molecule has 29 heavy (non-hydrogen) atoms. The normalized spacial score (nSPS) is 11.3. The molecule has 4 aromatic rings. The number of rotatable bonds is 6. The van der Waals surface area contributed by atoms with E-state index in [1.54, 1.807) is 18.4 Å². The molecule has 0 fully saturated rings. The standard InChI is InChI=1S/C22H23N5S.HI/c1-23-22(24-12-11-17-13-25-20-10-6-5-9-19(17)20)26-14-18-15-28-21(27-18)16-7-3-2-4-8-16;/h2-10,13,15,25H,11-12,14H2,1H3,(H2,23,24,26);1H. The summed E-state index contributed by atoms with van der Waals surface area (Å²) in [6, 6.07) is 18.6. The molecule has 150 valence electrons. The lowest BCUT2D eigenvalue weighted by Crippen LogP contribution is -2.37. The molecule has 2 heterocycles. The fourth-order valence-electron chi connectivity index (χ4n) is 3.15. The van der Waals surface area contributed by atoms with Gasteiger partial charge in [-0.3, -0.25) is 4.99 Å². The quantitative estimate of drug-likeness (QED) is 0.195. The van der Waals surface area contributed by atoms with Crippen molar-refractivity contribution in [2.45, 2.75) is 13.0 Å². The first-order valence-corrected chi connectivity index (χ1v) is 10.2. The zero-order valence-electron chi connectivity index (χ0n) is 16.2. The van der Waals surface area contributed by atoms with Crippen LogP contribution in [0.1, 0.15) is 11.3 Å². The van der Waals surface area contributed by atoms with Crippen LogP contribution in [-0.2, 0) is 13.0 Å². The topological polar surface area (TPSA) is 65.1 Å². The van der Waals surface area contributed by atoms with Crippen molar-refractivity contribution in [3.05, 3.63) is 77.4 Å². The van der Waals surface area contributed by atoms with Crippen molar-refractivity contribution in [2.24, 2.45) is 4.99 Å². The molecule has 0 saturated heterocycles. The van der Waals surface area contributed by atoms with Crippen LogP contribution in [0.15, 0.2) is 71.2 Å². The highest BCUT2D eigenvalue weighted by atomic mass is 127. The molecule has 0 radical (unpaired) electrons. The summed E-state index contributed by atoms with van der Waals surface area (Å²) < 4.78 is 0. The lowest BCUT2D eigenvalue weighted by atomic mass is 10.1.